The summed E-state index contributed by atoms with van der Waals surface area (Å²) in [6, 6.07) is 7.85. The number of carboxylic acids is 1. The number of H-pyrrole nitrogens is 1. The molecule has 3 aromatic heterocycles. The van der Waals surface area contributed by atoms with Crippen molar-refractivity contribution in [3.8, 4) is 17.1 Å². The summed E-state index contributed by atoms with van der Waals surface area (Å²) in [6.07, 6.45) is 4.19. The first-order valence-corrected chi connectivity index (χ1v) is 9.94. The van der Waals surface area contributed by atoms with Gasteiger partial charge >= 0.3 is 5.97 Å². The molecule has 3 heterocycles. The number of aromatic amines is 1. The summed E-state index contributed by atoms with van der Waals surface area (Å²) < 4.78 is 7.22. The van der Waals surface area contributed by atoms with E-state index < -0.39 is 5.97 Å². The number of nitrogens with zero attached hydrogens (tertiary/aromatic N) is 4. The van der Waals surface area contributed by atoms with Crippen LogP contribution in [0.3, 0.4) is 0 Å². The van der Waals surface area contributed by atoms with E-state index in [-0.39, 0.29) is 49.6 Å². The molecule has 31 heavy (non-hydrogen) atoms. The fourth-order valence-electron chi connectivity index (χ4n) is 4.45. The number of anilines is 1. The second kappa shape index (κ2) is 8.64. The fourth-order valence-corrected chi connectivity index (χ4v) is 4.45. The Kier molecular flexibility index (Phi) is 6.09. The van der Waals surface area contributed by atoms with Crippen molar-refractivity contribution in [2.24, 2.45) is 5.92 Å². The van der Waals surface area contributed by atoms with E-state index in [1.54, 1.807) is 11.6 Å². The van der Waals surface area contributed by atoms with E-state index >= 15 is 0 Å². The van der Waals surface area contributed by atoms with Gasteiger partial charge in [0.2, 0.25) is 0 Å². The first-order valence-electron chi connectivity index (χ1n) is 9.94. The number of rotatable bonds is 4. The largest absolute Gasteiger partial charge is 0.495 e. The van der Waals surface area contributed by atoms with Crippen LogP contribution in [0.25, 0.3) is 27.8 Å². The van der Waals surface area contributed by atoms with Crippen LogP contribution >= 0.6 is 0 Å². The van der Waals surface area contributed by atoms with Crippen LogP contribution in [-0.2, 0) is 4.79 Å². The van der Waals surface area contributed by atoms with Crippen molar-refractivity contribution >= 4 is 65.9 Å². The number of ether oxygens (including phenoxy) is 1. The van der Waals surface area contributed by atoms with Crippen LogP contribution in [0, 0.1) is 5.92 Å². The third-order valence-corrected chi connectivity index (χ3v) is 6.02. The number of imidazole rings is 1. The van der Waals surface area contributed by atoms with Crippen LogP contribution in [0.15, 0.2) is 30.6 Å². The molecular weight excluding hydrogens is 424 g/mol. The minimum absolute atomic E-state index is 0. The van der Waals surface area contributed by atoms with Gasteiger partial charge in [0.25, 0.3) is 0 Å². The molecule has 1 saturated carbocycles. The molecule has 4 aromatic rings. The average molecular weight is 447 g/mol. The zero-order chi connectivity index (χ0) is 20.8. The number of para-hydroxylation sites is 1. The van der Waals surface area contributed by atoms with E-state index in [1.807, 2.05) is 24.3 Å². The van der Waals surface area contributed by atoms with Crippen LogP contribution in [0.2, 0.25) is 0 Å². The summed E-state index contributed by atoms with van der Waals surface area (Å²) >= 11 is 0. The molecule has 0 aliphatic heterocycles. The maximum atomic E-state index is 11.3. The van der Waals surface area contributed by atoms with Crippen molar-refractivity contribution in [3.63, 3.8) is 0 Å². The molecule has 1 aliphatic rings. The molecule has 10 heteroatoms. The number of nitrogens with one attached hydrogen (secondary N) is 1. The fraction of sp³-hybridized carbons (Fsp3) is 0.333. The normalized spacial score (nSPS) is 18.7. The topological polar surface area (TPSA) is 131 Å². The van der Waals surface area contributed by atoms with Crippen molar-refractivity contribution in [1.29, 1.82) is 0 Å². The molecule has 0 saturated heterocycles. The number of hydrogen-bond donors (Lipinski definition) is 3. The SMILES string of the molecule is COc1cccc2cc(-c3nc([C@H]4CC[C@H](C(=O)O)CC4)n4ncnc(N)c34)[nH]c12.[Ca]. The molecule has 0 amide bonds. The van der Waals surface area contributed by atoms with Gasteiger partial charge in [-0.3, -0.25) is 4.79 Å². The Labute approximate surface area is 208 Å². The molecule has 5 rings (SSSR count). The van der Waals surface area contributed by atoms with E-state index in [1.165, 1.54) is 6.33 Å². The number of carboxylic acid groups (broad SMARTS) is 1. The van der Waals surface area contributed by atoms with Crippen molar-refractivity contribution in [1.82, 2.24) is 24.6 Å². The molecule has 156 valence electrons. The summed E-state index contributed by atoms with van der Waals surface area (Å²) in [5.74, 6) is 1.01. The first kappa shape index (κ1) is 21.9. The van der Waals surface area contributed by atoms with Crippen LogP contribution in [0.5, 0.6) is 5.75 Å². The predicted molar refractivity (Wildman–Crippen MR) is 117 cm³/mol. The molecular formula is C21H22CaN6O3. The first-order chi connectivity index (χ1) is 14.6. The maximum Gasteiger partial charge on any atom is 0.306 e. The quantitative estimate of drug-likeness (QED) is 0.411. The molecule has 1 aromatic carbocycles. The van der Waals surface area contributed by atoms with Gasteiger partial charge in [-0.25, -0.2) is 14.5 Å². The second-order valence-corrected chi connectivity index (χ2v) is 7.72. The molecule has 0 spiro atoms. The second-order valence-electron chi connectivity index (χ2n) is 7.72. The van der Waals surface area contributed by atoms with E-state index in [0.29, 0.717) is 29.9 Å². The molecule has 0 atom stereocenters. The molecule has 0 unspecified atom stereocenters. The smallest absolute Gasteiger partial charge is 0.306 e. The average Bonchev–Trinajstić information content (AvgIpc) is 3.36. The Hall–Kier alpha value is -2.36. The Morgan fingerprint density at radius 2 is 2.06 bits per heavy atom. The van der Waals surface area contributed by atoms with Crippen LogP contribution in [-0.4, -0.2) is 80.5 Å². The molecule has 4 N–H and O–H groups in total. The summed E-state index contributed by atoms with van der Waals surface area (Å²) in [5.41, 5.74) is 9.24. The van der Waals surface area contributed by atoms with Crippen LogP contribution in [0.1, 0.15) is 37.4 Å². The Bertz CT molecular complexity index is 1260. The summed E-state index contributed by atoms with van der Waals surface area (Å²) in [4.78, 5) is 23.8. The third-order valence-electron chi connectivity index (χ3n) is 6.02. The van der Waals surface area contributed by atoms with E-state index in [4.69, 9.17) is 15.5 Å². The summed E-state index contributed by atoms with van der Waals surface area (Å²) in [5, 5.41) is 14.7. The van der Waals surface area contributed by atoms with Gasteiger partial charge in [-0.1, -0.05) is 12.1 Å². The van der Waals surface area contributed by atoms with Crippen molar-refractivity contribution in [2.75, 3.05) is 12.8 Å². The molecule has 0 bridgehead atoms. The van der Waals surface area contributed by atoms with Gasteiger partial charge < -0.3 is 20.6 Å². The number of nitrogen functional groups attached to an aromatic ring is 1. The van der Waals surface area contributed by atoms with Crippen molar-refractivity contribution in [2.45, 2.75) is 31.6 Å². The summed E-state index contributed by atoms with van der Waals surface area (Å²) in [7, 11) is 1.64. The van der Waals surface area contributed by atoms with Gasteiger partial charge in [0, 0.05) is 49.0 Å². The zero-order valence-electron chi connectivity index (χ0n) is 17.2. The zero-order valence-corrected chi connectivity index (χ0v) is 19.4. The number of carbonyl (C=O) groups is 1. The van der Waals surface area contributed by atoms with Crippen molar-refractivity contribution < 1.29 is 14.6 Å². The van der Waals surface area contributed by atoms with E-state index in [0.717, 1.165) is 41.0 Å². The van der Waals surface area contributed by atoms with E-state index in [9.17, 15) is 9.90 Å². The van der Waals surface area contributed by atoms with Crippen molar-refractivity contribution in [3.05, 3.63) is 36.4 Å². The molecule has 1 aliphatic carbocycles. The molecule has 9 nitrogen and oxygen atoms in total. The van der Waals surface area contributed by atoms with E-state index in [2.05, 4.69) is 15.1 Å². The van der Waals surface area contributed by atoms with Gasteiger partial charge in [0.15, 0.2) is 5.82 Å². The van der Waals surface area contributed by atoms with Gasteiger partial charge in [-0.2, -0.15) is 5.10 Å². The number of aromatic nitrogens is 5. The van der Waals surface area contributed by atoms with Crippen LogP contribution in [0.4, 0.5) is 5.82 Å². The Balaban J connectivity index is 0.00000231. The predicted octanol–water partition coefficient (Wildman–Crippen LogP) is 2.84. The number of nitrogens with two attached hydrogens (primary N) is 1. The van der Waals surface area contributed by atoms with Gasteiger partial charge in [0.1, 0.15) is 29.1 Å². The number of fused-ring (bicyclic) bond motifs is 2. The van der Waals surface area contributed by atoms with Gasteiger partial charge in [-0.05, 0) is 37.8 Å². The number of benzene rings is 1. The summed E-state index contributed by atoms with van der Waals surface area (Å²) in [6.45, 7) is 0. The third kappa shape index (κ3) is 3.75. The Morgan fingerprint density at radius 1 is 1.29 bits per heavy atom. The maximum absolute atomic E-state index is 11.3. The molecule has 2 radical (unpaired) electrons. The minimum atomic E-state index is -0.722. The Morgan fingerprint density at radius 3 is 2.77 bits per heavy atom. The van der Waals surface area contributed by atoms with Crippen LogP contribution < -0.4 is 10.5 Å². The monoisotopic (exact) mass is 446 g/mol. The number of hydrogen-bond acceptors (Lipinski definition) is 6. The molecule has 1 fully saturated rings. The number of methoxy groups -OCH3 is 1. The minimum Gasteiger partial charge on any atom is -0.495 e. The van der Waals surface area contributed by atoms with Gasteiger partial charge in [0.05, 0.1) is 24.2 Å². The standard InChI is InChI=1S/C21H22N6O3.Ca/c1-30-15-4-2-3-13-9-14(25-16(13)15)17-18-19(22)23-10-24-27(18)20(26-17)11-5-7-12(8-6-11)21(28)29;/h2-4,9-12,25H,5-8H2,1H3,(H,28,29)(H2,22,23,24);/t11-,12-;. The van der Waals surface area contributed by atoms with Gasteiger partial charge in [-0.15, -0.1) is 0 Å². The number of aliphatic carboxylic acids is 1.